The molecule has 3 N–H and O–H groups in total. The standard InChI is InChI=1S/C11H7Cl2N3O3/c12-6-1-5(9(17)7(13)2-6)3-14-8-4-15-11(19)16-10(8)18/h1-4,17H,(H2,15,16,18,19)/b14-3+. The van der Waals surface area contributed by atoms with Crippen molar-refractivity contribution in [2.45, 2.75) is 0 Å². The molecular weight excluding hydrogens is 293 g/mol. The minimum atomic E-state index is -0.690. The van der Waals surface area contributed by atoms with E-state index in [4.69, 9.17) is 23.2 Å². The molecule has 6 nitrogen and oxygen atoms in total. The Morgan fingerprint density at radius 1 is 1.32 bits per heavy atom. The molecule has 2 rings (SSSR count). The van der Waals surface area contributed by atoms with Crippen LogP contribution in [0.1, 0.15) is 5.56 Å². The van der Waals surface area contributed by atoms with Crippen molar-refractivity contribution in [3.8, 4) is 11.6 Å². The van der Waals surface area contributed by atoms with Crippen LogP contribution in [0, 0.1) is 0 Å². The fourth-order valence-electron chi connectivity index (χ4n) is 1.30. The molecule has 0 fully saturated rings. The number of phenols is 1. The highest BCUT2D eigenvalue weighted by atomic mass is 35.5. The number of nitrogens with one attached hydrogen (secondary N) is 1. The third-order valence-corrected chi connectivity index (χ3v) is 2.68. The lowest BCUT2D eigenvalue weighted by molar-refractivity contribution is 0.451. The number of phenolic OH excluding ortho intramolecular Hbond substituents is 1. The van der Waals surface area contributed by atoms with Gasteiger partial charge in [-0.3, -0.25) is 0 Å². The summed E-state index contributed by atoms with van der Waals surface area (Å²) in [5, 5.41) is 19.5. The van der Waals surface area contributed by atoms with Crippen LogP contribution in [0.5, 0.6) is 11.6 Å². The van der Waals surface area contributed by atoms with E-state index < -0.39 is 11.6 Å². The summed E-state index contributed by atoms with van der Waals surface area (Å²) in [4.78, 5) is 20.2. The van der Waals surface area contributed by atoms with Gasteiger partial charge in [0.2, 0.25) is 5.88 Å². The first-order valence-corrected chi connectivity index (χ1v) is 5.73. The molecule has 0 saturated carbocycles. The van der Waals surface area contributed by atoms with Crippen molar-refractivity contribution in [3.63, 3.8) is 0 Å². The number of hydrogen-bond donors (Lipinski definition) is 3. The summed E-state index contributed by atoms with van der Waals surface area (Å²) in [6.07, 6.45) is 2.42. The quantitative estimate of drug-likeness (QED) is 0.741. The van der Waals surface area contributed by atoms with E-state index in [2.05, 4.69) is 15.0 Å². The lowest BCUT2D eigenvalue weighted by atomic mass is 10.2. The van der Waals surface area contributed by atoms with Crippen LogP contribution >= 0.6 is 23.2 Å². The van der Waals surface area contributed by atoms with Gasteiger partial charge < -0.3 is 15.2 Å². The van der Waals surface area contributed by atoms with Gasteiger partial charge in [0, 0.05) is 23.0 Å². The van der Waals surface area contributed by atoms with Crippen LogP contribution in [-0.2, 0) is 0 Å². The molecule has 0 saturated heterocycles. The normalized spacial score (nSPS) is 11.1. The molecule has 0 radical (unpaired) electrons. The van der Waals surface area contributed by atoms with Crippen LogP contribution in [-0.4, -0.2) is 26.4 Å². The Bertz CT molecular complexity index is 713. The highest BCUT2D eigenvalue weighted by Crippen LogP contribution is 2.30. The van der Waals surface area contributed by atoms with Crippen LogP contribution in [0.25, 0.3) is 0 Å². The largest absolute Gasteiger partial charge is 0.506 e. The van der Waals surface area contributed by atoms with E-state index in [9.17, 15) is 15.0 Å². The van der Waals surface area contributed by atoms with Crippen LogP contribution in [0.2, 0.25) is 10.0 Å². The summed E-state index contributed by atoms with van der Waals surface area (Å²) in [6.45, 7) is 0. The van der Waals surface area contributed by atoms with Gasteiger partial charge in [-0.15, -0.1) is 0 Å². The first-order chi connectivity index (χ1) is 8.97. The Morgan fingerprint density at radius 3 is 2.74 bits per heavy atom. The molecule has 0 atom stereocenters. The van der Waals surface area contributed by atoms with Gasteiger partial charge >= 0.3 is 5.69 Å². The third-order valence-electron chi connectivity index (χ3n) is 2.17. The average Bonchev–Trinajstić information content (AvgIpc) is 2.33. The van der Waals surface area contributed by atoms with Crippen LogP contribution < -0.4 is 5.69 Å². The van der Waals surface area contributed by atoms with Gasteiger partial charge in [-0.05, 0) is 12.1 Å². The highest BCUT2D eigenvalue weighted by molar-refractivity contribution is 6.36. The van der Waals surface area contributed by atoms with E-state index in [1.807, 2.05) is 0 Å². The van der Waals surface area contributed by atoms with Gasteiger partial charge in [-0.1, -0.05) is 23.2 Å². The number of nitrogens with zero attached hydrogens (tertiary/aromatic N) is 2. The van der Waals surface area contributed by atoms with Crippen molar-refractivity contribution in [2.75, 3.05) is 0 Å². The molecule has 0 unspecified atom stereocenters. The zero-order chi connectivity index (χ0) is 14.0. The van der Waals surface area contributed by atoms with Gasteiger partial charge in [0.05, 0.1) is 5.02 Å². The van der Waals surface area contributed by atoms with Crippen molar-refractivity contribution in [2.24, 2.45) is 4.99 Å². The first kappa shape index (κ1) is 13.4. The minimum Gasteiger partial charge on any atom is -0.506 e. The Morgan fingerprint density at radius 2 is 2.05 bits per heavy atom. The second kappa shape index (κ2) is 5.29. The highest BCUT2D eigenvalue weighted by Gasteiger charge is 2.07. The number of aromatic nitrogens is 2. The number of aromatic amines is 1. The molecule has 98 valence electrons. The van der Waals surface area contributed by atoms with Gasteiger partial charge in [-0.25, -0.2) is 9.79 Å². The molecule has 1 aromatic heterocycles. The molecule has 2 aromatic rings. The Labute approximate surface area is 117 Å². The SMILES string of the molecule is O=c1nc(O)c(/N=C/c2cc(Cl)cc(Cl)c2O)c[nH]1. The molecule has 8 heteroatoms. The Balaban J connectivity index is 2.40. The first-order valence-electron chi connectivity index (χ1n) is 4.98. The predicted octanol–water partition coefficient (Wildman–Crippen LogP) is 2.24. The molecule has 1 aromatic carbocycles. The summed E-state index contributed by atoms with van der Waals surface area (Å²) in [6, 6.07) is 2.83. The Hall–Kier alpha value is -2.05. The molecule has 0 aliphatic carbocycles. The molecule has 1 heterocycles. The summed E-state index contributed by atoms with van der Waals surface area (Å²) in [5.41, 5.74) is -0.386. The van der Waals surface area contributed by atoms with Gasteiger partial charge in [0.25, 0.3) is 0 Å². The minimum absolute atomic E-state index is 0.0371. The second-order valence-electron chi connectivity index (χ2n) is 3.50. The fourth-order valence-corrected chi connectivity index (χ4v) is 1.81. The van der Waals surface area contributed by atoms with Crippen molar-refractivity contribution in [1.82, 2.24) is 9.97 Å². The number of rotatable bonds is 2. The van der Waals surface area contributed by atoms with Crippen molar-refractivity contribution < 1.29 is 10.2 Å². The second-order valence-corrected chi connectivity index (χ2v) is 4.34. The van der Waals surface area contributed by atoms with E-state index in [0.717, 1.165) is 0 Å². The fraction of sp³-hybridized carbons (Fsp3) is 0. The van der Waals surface area contributed by atoms with Crippen LogP contribution in [0.15, 0.2) is 28.1 Å². The monoisotopic (exact) mass is 299 g/mol. The van der Waals surface area contributed by atoms with E-state index >= 15 is 0 Å². The predicted molar refractivity (Wildman–Crippen MR) is 71.9 cm³/mol. The van der Waals surface area contributed by atoms with Gasteiger partial charge in [-0.2, -0.15) is 4.98 Å². The number of hydrogen-bond acceptors (Lipinski definition) is 5. The maximum atomic E-state index is 10.8. The smallest absolute Gasteiger partial charge is 0.348 e. The van der Waals surface area contributed by atoms with E-state index in [-0.39, 0.29) is 22.0 Å². The molecule has 0 aliphatic heterocycles. The number of aromatic hydroxyl groups is 2. The van der Waals surface area contributed by atoms with Gasteiger partial charge in [0.1, 0.15) is 11.4 Å². The topological polar surface area (TPSA) is 98.6 Å². The molecule has 0 aliphatic rings. The van der Waals surface area contributed by atoms with Crippen molar-refractivity contribution in [1.29, 1.82) is 0 Å². The van der Waals surface area contributed by atoms with Crippen molar-refractivity contribution >= 4 is 35.1 Å². The summed E-state index contributed by atoms with van der Waals surface area (Å²) >= 11 is 11.5. The van der Waals surface area contributed by atoms with E-state index in [1.165, 1.54) is 24.5 Å². The lowest BCUT2D eigenvalue weighted by Gasteiger charge is -2.02. The lowest BCUT2D eigenvalue weighted by Crippen LogP contribution is -2.07. The average molecular weight is 300 g/mol. The molecule has 0 bridgehead atoms. The van der Waals surface area contributed by atoms with E-state index in [0.29, 0.717) is 5.02 Å². The van der Waals surface area contributed by atoms with Crippen LogP contribution in [0.4, 0.5) is 5.69 Å². The summed E-state index contributed by atoms with van der Waals surface area (Å²) in [5.74, 6) is -0.709. The number of H-pyrrole nitrogens is 1. The number of aliphatic imine (C=N–C) groups is 1. The third kappa shape index (κ3) is 3.04. The van der Waals surface area contributed by atoms with Gasteiger partial charge in [0.15, 0.2) is 0 Å². The maximum absolute atomic E-state index is 10.8. The Kier molecular flexibility index (Phi) is 3.73. The molecule has 19 heavy (non-hydrogen) atoms. The van der Waals surface area contributed by atoms with E-state index in [1.54, 1.807) is 0 Å². The molecule has 0 spiro atoms. The zero-order valence-corrected chi connectivity index (χ0v) is 10.8. The zero-order valence-electron chi connectivity index (χ0n) is 9.26. The summed E-state index contributed by atoms with van der Waals surface area (Å²) in [7, 11) is 0. The van der Waals surface area contributed by atoms with Crippen LogP contribution in [0.3, 0.4) is 0 Å². The maximum Gasteiger partial charge on any atom is 0.348 e. The summed E-state index contributed by atoms with van der Waals surface area (Å²) < 4.78 is 0. The molecular formula is C11H7Cl2N3O3. The number of benzene rings is 1. The number of halogens is 2. The molecule has 0 amide bonds. The van der Waals surface area contributed by atoms with Crippen molar-refractivity contribution in [3.05, 3.63) is 44.4 Å².